The van der Waals surface area contributed by atoms with Gasteiger partial charge in [0.2, 0.25) is 0 Å². The molecule has 0 radical (unpaired) electrons. The number of aromatic nitrogens is 5. The zero-order valence-electron chi connectivity index (χ0n) is 14.1. The summed E-state index contributed by atoms with van der Waals surface area (Å²) in [5.74, 6) is 1.36. The lowest BCUT2D eigenvalue weighted by Crippen LogP contribution is -2.23. The number of aliphatic hydroxyl groups excluding tert-OH is 1. The minimum Gasteiger partial charge on any atom is -0.513 e. The van der Waals surface area contributed by atoms with Crippen molar-refractivity contribution >= 4 is 5.82 Å². The Hall–Kier alpha value is -2.48. The third-order valence-electron chi connectivity index (χ3n) is 3.96. The fraction of sp³-hybridized carbons (Fsp3) is 0.500. The van der Waals surface area contributed by atoms with Crippen molar-refractivity contribution in [2.24, 2.45) is 17.6 Å². The normalized spacial score (nSPS) is 13.7. The van der Waals surface area contributed by atoms with Gasteiger partial charge in [0.1, 0.15) is 5.82 Å². The fourth-order valence-electron chi connectivity index (χ4n) is 2.89. The van der Waals surface area contributed by atoms with E-state index in [1.807, 2.05) is 32.2 Å². The van der Waals surface area contributed by atoms with Gasteiger partial charge in [0, 0.05) is 31.1 Å². The maximum atomic E-state index is 10.1. The van der Waals surface area contributed by atoms with Crippen LogP contribution in [0.4, 0.5) is 5.82 Å². The average Bonchev–Trinajstić information content (AvgIpc) is 3.07. The van der Waals surface area contributed by atoms with E-state index in [9.17, 15) is 5.11 Å². The highest BCUT2D eigenvalue weighted by Gasteiger charge is 2.31. The average molecular weight is 331 g/mol. The Labute approximate surface area is 141 Å². The molecule has 0 spiro atoms. The van der Waals surface area contributed by atoms with Crippen LogP contribution in [0.5, 0.6) is 0 Å². The predicted molar refractivity (Wildman–Crippen MR) is 92.5 cm³/mol. The monoisotopic (exact) mass is 331 g/mol. The molecule has 8 nitrogen and oxygen atoms in total. The highest BCUT2D eigenvalue weighted by molar-refractivity contribution is 5.35. The summed E-state index contributed by atoms with van der Waals surface area (Å²) < 4.78 is 0. The molecule has 0 bridgehead atoms. The summed E-state index contributed by atoms with van der Waals surface area (Å²) in [5.41, 5.74) is 6.49. The second-order valence-corrected chi connectivity index (χ2v) is 6.11. The van der Waals surface area contributed by atoms with Crippen LogP contribution < -0.4 is 11.1 Å². The van der Waals surface area contributed by atoms with Crippen molar-refractivity contribution in [2.45, 2.75) is 26.2 Å². The number of nitrogens with two attached hydrogens (primary N) is 1. The first-order valence-electron chi connectivity index (χ1n) is 8.03. The molecule has 0 fully saturated rings. The molecule has 2 aromatic rings. The fourth-order valence-corrected chi connectivity index (χ4v) is 2.89. The van der Waals surface area contributed by atoms with Crippen LogP contribution in [-0.2, 0) is 6.42 Å². The van der Waals surface area contributed by atoms with Crippen LogP contribution in [0.2, 0.25) is 0 Å². The third kappa shape index (κ3) is 4.51. The molecular weight excluding hydrogens is 306 g/mol. The molecule has 2 atom stereocenters. The summed E-state index contributed by atoms with van der Waals surface area (Å²) in [5, 5.41) is 27.5. The van der Waals surface area contributed by atoms with Gasteiger partial charge in [-0.1, -0.05) is 31.7 Å². The van der Waals surface area contributed by atoms with Crippen molar-refractivity contribution < 1.29 is 5.11 Å². The number of H-pyrrole nitrogens is 1. The maximum Gasteiger partial charge on any atom is 0.178 e. The number of aliphatic hydroxyl groups is 1. The third-order valence-corrected chi connectivity index (χ3v) is 3.96. The molecule has 0 saturated carbocycles. The Morgan fingerprint density at radius 2 is 2.21 bits per heavy atom. The Bertz CT molecular complexity index is 624. The second-order valence-electron chi connectivity index (χ2n) is 6.11. The second kappa shape index (κ2) is 8.39. The first kappa shape index (κ1) is 17.9. The van der Waals surface area contributed by atoms with E-state index in [2.05, 4.69) is 37.5 Å². The van der Waals surface area contributed by atoms with E-state index in [4.69, 9.17) is 5.73 Å². The Kier molecular flexibility index (Phi) is 6.25. The molecule has 8 heteroatoms. The van der Waals surface area contributed by atoms with Crippen LogP contribution in [-0.4, -0.2) is 43.8 Å². The van der Waals surface area contributed by atoms with Gasteiger partial charge in [-0.15, -0.1) is 10.2 Å². The summed E-state index contributed by atoms with van der Waals surface area (Å²) >= 11 is 0. The number of hydrogen-bond acceptors (Lipinski definition) is 7. The number of hydrogen-bond donors (Lipinski definition) is 4. The van der Waals surface area contributed by atoms with Gasteiger partial charge in [-0.05, 0) is 24.0 Å². The highest BCUT2D eigenvalue weighted by Crippen LogP contribution is 2.35. The van der Waals surface area contributed by atoms with E-state index in [-0.39, 0.29) is 23.5 Å². The number of aromatic amines is 1. The molecule has 5 N–H and O–H groups in total. The van der Waals surface area contributed by atoms with E-state index in [0.29, 0.717) is 25.3 Å². The number of nitrogens with zero attached hydrogens (tertiary/aromatic N) is 4. The van der Waals surface area contributed by atoms with E-state index in [1.165, 1.54) is 0 Å². The first-order valence-corrected chi connectivity index (χ1v) is 8.03. The maximum absolute atomic E-state index is 10.1. The topological polar surface area (TPSA) is 126 Å². The van der Waals surface area contributed by atoms with Gasteiger partial charge >= 0.3 is 0 Å². The first-order chi connectivity index (χ1) is 11.5. The molecule has 2 heterocycles. The Balaban J connectivity index is 2.21. The lowest BCUT2D eigenvalue weighted by molar-refractivity contribution is 0.243. The van der Waals surface area contributed by atoms with Gasteiger partial charge in [-0.2, -0.15) is 5.21 Å². The van der Waals surface area contributed by atoms with Crippen LogP contribution in [0.15, 0.2) is 30.7 Å². The predicted octanol–water partition coefficient (Wildman–Crippen LogP) is 1.64. The smallest absolute Gasteiger partial charge is 0.178 e. The summed E-state index contributed by atoms with van der Waals surface area (Å²) in [4.78, 5) is 4.38. The van der Waals surface area contributed by atoms with Gasteiger partial charge in [-0.25, -0.2) is 4.98 Å². The van der Waals surface area contributed by atoms with Gasteiger partial charge in [0.25, 0.3) is 0 Å². The molecule has 0 amide bonds. The standard InChI is InChI=1S/C16H25N7O/c1-10(2)15(11(3)24)13(16-20-22-23-21-16)8-12-4-5-14(19-9-12)18-7-6-17/h4-5,9-10,13,15,24H,3,6-8,17H2,1-2H3,(H,18,19)(H,20,21,22,23)/t13-,15+/m0/s1. The number of allylic oxidation sites excluding steroid dienone is 1. The van der Waals surface area contributed by atoms with Gasteiger partial charge in [0.05, 0.1) is 5.76 Å². The summed E-state index contributed by atoms with van der Waals surface area (Å²) in [6.45, 7) is 9.04. The van der Waals surface area contributed by atoms with Crippen molar-refractivity contribution in [1.29, 1.82) is 0 Å². The zero-order valence-corrected chi connectivity index (χ0v) is 14.1. The Morgan fingerprint density at radius 3 is 2.71 bits per heavy atom. The minimum atomic E-state index is -0.169. The molecule has 0 aliphatic heterocycles. The van der Waals surface area contributed by atoms with E-state index >= 15 is 0 Å². The number of rotatable bonds is 9. The molecule has 130 valence electrons. The summed E-state index contributed by atoms with van der Waals surface area (Å²) in [6, 6.07) is 3.91. The van der Waals surface area contributed by atoms with Crippen LogP contribution in [0.25, 0.3) is 0 Å². The Morgan fingerprint density at radius 1 is 1.42 bits per heavy atom. The SMILES string of the molecule is C=C(O)[C@@H](C(C)C)[C@H](Cc1ccc(NCCN)nc1)c1nn[nH]n1. The molecule has 0 unspecified atom stereocenters. The lowest BCUT2D eigenvalue weighted by Gasteiger charge is -2.27. The largest absolute Gasteiger partial charge is 0.513 e. The highest BCUT2D eigenvalue weighted by atomic mass is 16.3. The van der Waals surface area contributed by atoms with Crippen molar-refractivity contribution in [3.05, 3.63) is 42.1 Å². The molecule has 0 saturated heterocycles. The van der Waals surface area contributed by atoms with Crippen LogP contribution >= 0.6 is 0 Å². The van der Waals surface area contributed by atoms with Crippen molar-refractivity contribution in [1.82, 2.24) is 25.6 Å². The van der Waals surface area contributed by atoms with Crippen LogP contribution in [0.3, 0.4) is 0 Å². The zero-order chi connectivity index (χ0) is 17.5. The molecule has 0 aromatic carbocycles. The number of anilines is 1. The van der Waals surface area contributed by atoms with Crippen LogP contribution in [0, 0.1) is 11.8 Å². The summed E-state index contributed by atoms with van der Waals surface area (Å²) in [6.07, 6.45) is 2.44. The summed E-state index contributed by atoms with van der Waals surface area (Å²) in [7, 11) is 0. The van der Waals surface area contributed by atoms with Crippen molar-refractivity contribution in [3.8, 4) is 0 Å². The molecule has 0 aliphatic rings. The molecular formula is C16H25N7O. The van der Waals surface area contributed by atoms with Gasteiger partial charge < -0.3 is 16.2 Å². The molecule has 2 aromatic heterocycles. The van der Waals surface area contributed by atoms with Crippen molar-refractivity contribution in [2.75, 3.05) is 18.4 Å². The van der Waals surface area contributed by atoms with E-state index < -0.39 is 0 Å². The van der Waals surface area contributed by atoms with Gasteiger partial charge in [-0.3, -0.25) is 0 Å². The quantitative estimate of drug-likeness (QED) is 0.514. The minimum absolute atomic E-state index is 0.133. The molecule has 0 aliphatic carbocycles. The molecule has 24 heavy (non-hydrogen) atoms. The number of nitrogens with one attached hydrogen (secondary N) is 2. The number of tetrazole rings is 1. The van der Waals surface area contributed by atoms with Gasteiger partial charge in [0.15, 0.2) is 5.82 Å². The van der Waals surface area contributed by atoms with Crippen molar-refractivity contribution in [3.63, 3.8) is 0 Å². The number of pyridine rings is 1. The van der Waals surface area contributed by atoms with Crippen LogP contribution in [0.1, 0.15) is 31.2 Å². The molecule has 2 rings (SSSR count). The lowest BCUT2D eigenvalue weighted by atomic mass is 9.78. The van der Waals surface area contributed by atoms with E-state index in [1.54, 1.807) is 0 Å². The van der Waals surface area contributed by atoms with E-state index in [0.717, 1.165) is 11.4 Å².